The molecule has 1 aliphatic rings. The predicted molar refractivity (Wildman–Crippen MR) is 56.6 cm³/mol. The first kappa shape index (κ1) is 10.6. The van der Waals surface area contributed by atoms with Gasteiger partial charge in [0.15, 0.2) is 0 Å². The fourth-order valence-electron chi connectivity index (χ4n) is 1.50. The minimum Gasteiger partial charge on any atom is -0.388 e. The molecule has 0 aromatic heterocycles. The Morgan fingerprint density at radius 3 is 2.67 bits per heavy atom. The molecule has 0 saturated carbocycles. The van der Waals surface area contributed by atoms with Gasteiger partial charge in [0.25, 0.3) is 0 Å². The molecule has 1 N–H and O–H groups in total. The lowest BCUT2D eigenvalue weighted by atomic mass is 10.1. The molecule has 0 spiro atoms. The average Bonchev–Trinajstić information content (AvgIpc) is 2.23. The zero-order valence-electron chi connectivity index (χ0n) is 8.63. The van der Waals surface area contributed by atoms with Crippen molar-refractivity contribution in [1.29, 1.82) is 0 Å². The number of aliphatic hydroxyl groups excluding tert-OH is 1. The second-order valence-electron chi connectivity index (χ2n) is 3.75. The highest BCUT2D eigenvalue weighted by Crippen LogP contribution is 2.16. The van der Waals surface area contributed by atoms with Crippen LogP contribution in [0, 0.1) is 0 Å². The third kappa shape index (κ3) is 3.02. The Morgan fingerprint density at radius 2 is 2.07 bits per heavy atom. The highest BCUT2D eigenvalue weighted by molar-refractivity contribution is 5.16. The summed E-state index contributed by atoms with van der Waals surface area (Å²) >= 11 is 0. The van der Waals surface area contributed by atoms with Crippen molar-refractivity contribution >= 4 is 0 Å². The molecule has 1 aromatic rings. The van der Waals surface area contributed by atoms with E-state index in [2.05, 4.69) is 0 Å². The van der Waals surface area contributed by atoms with E-state index < -0.39 is 6.10 Å². The summed E-state index contributed by atoms with van der Waals surface area (Å²) in [6, 6.07) is 9.66. The molecule has 0 amide bonds. The van der Waals surface area contributed by atoms with Gasteiger partial charge in [-0.25, -0.2) is 0 Å². The Kier molecular flexibility index (Phi) is 3.72. The van der Waals surface area contributed by atoms with Crippen LogP contribution in [-0.2, 0) is 9.47 Å². The third-order valence-corrected chi connectivity index (χ3v) is 2.54. The van der Waals surface area contributed by atoms with Gasteiger partial charge in [0.1, 0.15) is 6.10 Å². The van der Waals surface area contributed by atoms with Gasteiger partial charge < -0.3 is 14.6 Å². The van der Waals surface area contributed by atoms with Crippen molar-refractivity contribution < 1.29 is 14.6 Å². The maximum absolute atomic E-state index is 9.81. The normalized spacial score (nSPS) is 18.5. The highest BCUT2D eigenvalue weighted by Gasteiger charge is 2.19. The van der Waals surface area contributed by atoms with Crippen LogP contribution >= 0.6 is 0 Å². The number of benzene rings is 1. The Bertz CT molecular complexity index is 282. The molecule has 0 aliphatic carbocycles. The molecule has 1 aliphatic heterocycles. The van der Waals surface area contributed by atoms with E-state index in [1.165, 1.54) is 0 Å². The van der Waals surface area contributed by atoms with Crippen LogP contribution in [0.5, 0.6) is 0 Å². The summed E-state index contributed by atoms with van der Waals surface area (Å²) in [6.45, 7) is 1.98. The molecule has 1 aromatic carbocycles. The van der Waals surface area contributed by atoms with E-state index in [9.17, 15) is 5.11 Å². The predicted octanol–water partition coefficient (Wildman–Crippen LogP) is 1.53. The van der Waals surface area contributed by atoms with Crippen LogP contribution in [0.4, 0.5) is 0 Å². The van der Waals surface area contributed by atoms with Crippen LogP contribution in [0.2, 0.25) is 0 Å². The van der Waals surface area contributed by atoms with Crippen LogP contribution < -0.4 is 0 Å². The molecule has 15 heavy (non-hydrogen) atoms. The van der Waals surface area contributed by atoms with Crippen molar-refractivity contribution in [3.63, 3.8) is 0 Å². The molecule has 1 unspecified atom stereocenters. The monoisotopic (exact) mass is 208 g/mol. The van der Waals surface area contributed by atoms with Crippen molar-refractivity contribution in [3.8, 4) is 0 Å². The Hall–Kier alpha value is -0.900. The first-order valence-electron chi connectivity index (χ1n) is 5.28. The number of rotatable bonds is 5. The lowest BCUT2D eigenvalue weighted by molar-refractivity contribution is -0.132. The van der Waals surface area contributed by atoms with E-state index >= 15 is 0 Å². The number of aliphatic hydroxyl groups is 1. The van der Waals surface area contributed by atoms with Gasteiger partial charge in [-0.05, 0) is 5.56 Å². The topological polar surface area (TPSA) is 38.7 Å². The van der Waals surface area contributed by atoms with Gasteiger partial charge in [-0.15, -0.1) is 0 Å². The van der Waals surface area contributed by atoms with Crippen LogP contribution in [0.25, 0.3) is 0 Å². The molecule has 82 valence electrons. The maximum atomic E-state index is 9.81. The Morgan fingerprint density at radius 1 is 1.33 bits per heavy atom. The second kappa shape index (κ2) is 5.26. The molecular formula is C12H16O3. The van der Waals surface area contributed by atoms with Crippen LogP contribution in [0.15, 0.2) is 30.3 Å². The molecule has 2 rings (SSSR count). The molecule has 3 nitrogen and oxygen atoms in total. The lowest BCUT2D eigenvalue weighted by Crippen LogP contribution is -2.36. The summed E-state index contributed by atoms with van der Waals surface area (Å²) in [6.07, 6.45) is 0.459. The van der Waals surface area contributed by atoms with E-state index in [0.717, 1.165) is 5.56 Å². The van der Waals surface area contributed by atoms with Gasteiger partial charge in [0.05, 0.1) is 19.3 Å². The van der Waals surface area contributed by atoms with Crippen molar-refractivity contribution in [2.75, 3.05) is 19.8 Å². The molecule has 0 radical (unpaired) electrons. The SMILES string of the molecule is OC(CCOC1COC1)c1ccccc1. The molecular weight excluding hydrogens is 192 g/mol. The van der Waals surface area contributed by atoms with E-state index in [1.807, 2.05) is 30.3 Å². The van der Waals surface area contributed by atoms with Crippen LogP contribution in [0.3, 0.4) is 0 Å². The van der Waals surface area contributed by atoms with Crippen molar-refractivity contribution in [2.24, 2.45) is 0 Å². The van der Waals surface area contributed by atoms with Crippen molar-refractivity contribution in [3.05, 3.63) is 35.9 Å². The summed E-state index contributed by atoms with van der Waals surface area (Å²) in [5.41, 5.74) is 0.950. The fourth-order valence-corrected chi connectivity index (χ4v) is 1.50. The lowest BCUT2D eigenvalue weighted by Gasteiger charge is -2.26. The summed E-state index contributed by atoms with van der Waals surface area (Å²) in [4.78, 5) is 0. The molecule has 0 bridgehead atoms. The summed E-state index contributed by atoms with van der Waals surface area (Å²) in [5.74, 6) is 0. The smallest absolute Gasteiger partial charge is 0.104 e. The fraction of sp³-hybridized carbons (Fsp3) is 0.500. The summed E-state index contributed by atoms with van der Waals surface area (Å²) in [5, 5.41) is 9.81. The first-order valence-corrected chi connectivity index (χ1v) is 5.28. The quantitative estimate of drug-likeness (QED) is 0.797. The largest absolute Gasteiger partial charge is 0.388 e. The van der Waals surface area contributed by atoms with Gasteiger partial charge in [-0.3, -0.25) is 0 Å². The zero-order valence-corrected chi connectivity index (χ0v) is 8.63. The van der Waals surface area contributed by atoms with Gasteiger partial charge in [0.2, 0.25) is 0 Å². The van der Waals surface area contributed by atoms with E-state index in [0.29, 0.717) is 26.2 Å². The molecule has 1 atom stereocenters. The molecule has 1 fully saturated rings. The molecule has 1 saturated heterocycles. The van der Waals surface area contributed by atoms with Crippen LogP contribution in [0.1, 0.15) is 18.1 Å². The summed E-state index contributed by atoms with van der Waals surface area (Å²) < 4.78 is 10.5. The minimum absolute atomic E-state index is 0.243. The van der Waals surface area contributed by atoms with Gasteiger partial charge in [-0.2, -0.15) is 0 Å². The van der Waals surface area contributed by atoms with Crippen LogP contribution in [-0.4, -0.2) is 31.0 Å². The number of hydrogen-bond donors (Lipinski definition) is 1. The van der Waals surface area contributed by atoms with Gasteiger partial charge in [-0.1, -0.05) is 30.3 Å². The molecule has 1 heterocycles. The zero-order chi connectivity index (χ0) is 10.5. The third-order valence-electron chi connectivity index (χ3n) is 2.54. The Labute approximate surface area is 89.6 Å². The highest BCUT2D eigenvalue weighted by atomic mass is 16.6. The minimum atomic E-state index is -0.424. The standard InChI is InChI=1S/C12H16O3/c13-12(10-4-2-1-3-5-10)6-7-15-11-8-14-9-11/h1-5,11-13H,6-9H2. The summed E-state index contributed by atoms with van der Waals surface area (Å²) in [7, 11) is 0. The van der Waals surface area contributed by atoms with E-state index in [4.69, 9.17) is 9.47 Å². The van der Waals surface area contributed by atoms with Crippen molar-refractivity contribution in [1.82, 2.24) is 0 Å². The average molecular weight is 208 g/mol. The molecule has 3 heteroatoms. The maximum Gasteiger partial charge on any atom is 0.104 e. The van der Waals surface area contributed by atoms with Gasteiger partial charge in [0, 0.05) is 13.0 Å². The number of ether oxygens (including phenoxy) is 2. The van der Waals surface area contributed by atoms with Gasteiger partial charge >= 0.3 is 0 Å². The second-order valence-corrected chi connectivity index (χ2v) is 3.75. The number of hydrogen-bond acceptors (Lipinski definition) is 3. The van der Waals surface area contributed by atoms with E-state index in [-0.39, 0.29) is 6.10 Å². The van der Waals surface area contributed by atoms with E-state index in [1.54, 1.807) is 0 Å². The van der Waals surface area contributed by atoms with Crippen molar-refractivity contribution in [2.45, 2.75) is 18.6 Å². The Balaban J connectivity index is 1.70. The first-order chi connectivity index (χ1) is 7.36.